The van der Waals surface area contributed by atoms with Gasteiger partial charge in [-0.2, -0.15) is 0 Å². The van der Waals surface area contributed by atoms with Crippen LogP contribution >= 0.6 is 0 Å². The topological polar surface area (TPSA) is 34.1 Å². The number of aryl methyl sites for hydroxylation is 1. The summed E-state index contributed by atoms with van der Waals surface area (Å²) in [6.45, 7) is 5.94. The van der Waals surface area contributed by atoms with Gasteiger partial charge in [-0.1, -0.05) is 50.3 Å². The molecule has 0 saturated heterocycles. The number of unbranched alkanes of at least 4 members (excludes halogenated alkanes) is 3. The minimum atomic E-state index is -3.14. The molecule has 2 nitrogen and oxygen atoms in total. The molecule has 102 valence electrons. The first-order chi connectivity index (χ1) is 8.48. The summed E-state index contributed by atoms with van der Waals surface area (Å²) in [6, 6.07) is 7.15. The third kappa shape index (κ3) is 4.13. The van der Waals surface area contributed by atoms with Crippen molar-refractivity contribution < 1.29 is 8.42 Å². The summed E-state index contributed by atoms with van der Waals surface area (Å²) in [6.07, 6.45) is 5.26. The van der Waals surface area contributed by atoms with Gasteiger partial charge >= 0.3 is 0 Å². The highest BCUT2D eigenvalue weighted by Gasteiger charge is 2.22. The van der Waals surface area contributed by atoms with Gasteiger partial charge in [0.1, 0.15) is 0 Å². The second-order valence-corrected chi connectivity index (χ2v) is 7.38. The molecule has 1 unspecified atom stereocenters. The lowest BCUT2D eigenvalue weighted by Gasteiger charge is -2.13. The van der Waals surface area contributed by atoms with Gasteiger partial charge in [0, 0.05) is 0 Å². The van der Waals surface area contributed by atoms with Gasteiger partial charge in [-0.3, -0.25) is 0 Å². The highest BCUT2D eigenvalue weighted by atomic mass is 32.2. The van der Waals surface area contributed by atoms with Crippen LogP contribution in [0.25, 0.3) is 0 Å². The van der Waals surface area contributed by atoms with Crippen LogP contribution < -0.4 is 0 Å². The van der Waals surface area contributed by atoms with Crippen LogP contribution in [0.3, 0.4) is 0 Å². The summed E-state index contributed by atoms with van der Waals surface area (Å²) in [4.78, 5) is 0.455. The molecule has 18 heavy (non-hydrogen) atoms. The van der Waals surface area contributed by atoms with E-state index in [2.05, 4.69) is 6.92 Å². The van der Waals surface area contributed by atoms with Crippen molar-refractivity contribution >= 4 is 9.84 Å². The van der Waals surface area contributed by atoms with Crippen LogP contribution in [0.15, 0.2) is 29.2 Å². The van der Waals surface area contributed by atoms with Crippen molar-refractivity contribution in [3.05, 3.63) is 29.8 Å². The Morgan fingerprint density at radius 3 is 2.22 bits per heavy atom. The van der Waals surface area contributed by atoms with Crippen molar-refractivity contribution in [2.45, 2.75) is 63.0 Å². The van der Waals surface area contributed by atoms with Crippen LogP contribution in [0.2, 0.25) is 0 Å². The molecule has 0 saturated carbocycles. The average Bonchev–Trinajstić information content (AvgIpc) is 2.35. The predicted octanol–water partition coefficient (Wildman–Crippen LogP) is 4.13. The third-order valence-electron chi connectivity index (χ3n) is 3.34. The number of hydrogen-bond acceptors (Lipinski definition) is 2. The lowest BCUT2D eigenvalue weighted by molar-refractivity contribution is 0.563. The maximum absolute atomic E-state index is 12.3. The summed E-state index contributed by atoms with van der Waals surface area (Å²) in [5, 5.41) is -0.280. The van der Waals surface area contributed by atoms with Crippen LogP contribution in [0, 0.1) is 6.92 Å². The summed E-state index contributed by atoms with van der Waals surface area (Å²) >= 11 is 0. The lowest BCUT2D eigenvalue weighted by Crippen LogP contribution is -2.17. The highest BCUT2D eigenvalue weighted by molar-refractivity contribution is 7.92. The van der Waals surface area contributed by atoms with E-state index in [0.29, 0.717) is 4.90 Å². The van der Waals surface area contributed by atoms with Crippen LogP contribution in [0.5, 0.6) is 0 Å². The van der Waals surface area contributed by atoms with E-state index in [4.69, 9.17) is 0 Å². The molecule has 0 radical (unpaired) electrons. The number of rotatable bonds is 7. The number of hydrogen-bond donors (Lipinski definition) is 0. The van der Waals surface area contributed by atoms with E-state index < -0.39 is 9.84 Å². The van der Waals surface area contributed by atoms with Crippen molar-refractivity contribution in [3.63, 3.8) is 0 Å². The molecule has 3 heteroatoms. The largest absolute Gasteiger partial charge is 0.223 e. The molecule has 1 rings (SSSR count). The molecule has 0 aliphatic heterocycles. The van der Waals surface area contributed by atoms with E-state index in [0.717, 1.165) is 24.8 Å². The summed E-state index contributed by atoms with van der Waals surface area (Å²) < 4.78 is 24.6. The molecule has 0 bridgehead atoms. The van der Waals surface area contributed by atoms with E-state index in [1.165, 1.54) is 12.8 Å². The van der Waals surface area contributed by atoms with Gasteiger partial charge in [-0.25, -0.2) is 8.42 Å². The Bertz CT molecular complexity index is 446. The maximum atomic E-state index is 12.3. The van der Waals surface area contributed by atoms with Gasteiger partial charge in [0.15, 0.2) is 9.84 Å². The molecular formula is C15H24O2S. The van der Waals surface area contributed by atoms with E-state index in [1.54, 1.807) is 12.1 Å². The molecule has 1 aromatic rings. The predicted molar refractivity (Wildman–Crippen MR) is 76.6 cm³/mol. The summed E-state index contributed by atoms with van der Waals surface area (Å²) in [5.41, 5.74) is 1.09. The Labute approximate surface area is 111 Å². The minimum absolute atomic E-state index is 0.280. The highest BCUT2D eigenvalue weighted by Crippen LogP contribution is 2.20. The second kappa shape index (κ2) is 6.93. The first-order valence-corrected chi connectivity index (χ1v) is 8.33. The van der Waals surface area contributed by atoms with Gasteiger partial charge in [-0.05, 0) is 32.4 Å². The van der Waals surface area contributed by atoms with Crippen molar-refractivity contribution in [2.75, 3.05) is 0 Å². The summed E-state index contributed by atoms with van der Waals surface area (Å²) in [5.74, 6) is 0. The molecule has 0 aliphatic carbocycles. The normalized spacial score (nSPS) is 13.5. The first-order valence-electron chi connectivity index (χ1n) is 6.79. The molecule has 0 heterocycles. The Balaban J connectivity index is 2.65. The Morgan fingerprint density at radius 2 is 1.67 bits per heavy atom. The molecule has 1 atom stereocenters. The Kier molecular flexibility index (Phi) is 5.86. The second-order valence-electron chi connectivity index (χ2n) is 5.02. The Morgan fingerprint density at radius 1 is 1.06 bits per heavy atom. The minimum Gasteiger partial charge on any atom is -0.223 e. The third-order valence-corrected chi connectivity index (χ3v) is 5.57. The fourth-order valence-corrected chi connectivity index (χ4v) is 3.43. The molecule has 0 fully saturated rings. The van der Waals surface area contributed by atoms with Crippen LogP contribution in [0.1, 0.15) is 51.5 Å². The van der Waals surface area contributed by atoms with Crippen LogP contribution in [0.4, 0.5) is 0 Å². The molecule has 0 aliphatic rings. The molecule has 0 N–H and O–H groups in total. The molecule has 0 amide bonds. The zero-order valence-corrected chi connectivity index (χ0v) is 12.5. The standard InChI is InChI=1S/C15H24O2S/c1-4-5-6-7-8-14(3)18(16,17)15-11-9-13(2)10-12-15/h9-12,14H,4-8H2,1-3H3. The van der Waals surface area contributed by atoms with Crippen molar-refractivity contribution in [1.29, 1.82) is 0 Å². The van der Waals surface area contributed by atoms with Crippen LogP contribution in [-0.4, -0.2) is 13.7 Å². The molecular weight excluding hydrogens is 244 g/mol. The van der Waals surface area contributed by atoms with Gasteiger partial charge in [0.05, 0.1) is 10.1 Å². The maximum Gasteiger partial charge on any atom is 0.180 e. The van der Waals surface area contributed by atoms with Gasteiger partial charge < -0.3 is 0 Å². The molecule has 0 spiro atoms. The molecule has 1 aromatic carbocycles. The average molecular weight is 268 g/mol. The fraction of sp³-hybridized carbons (Fsp3) is 0.600. The fourth-order valence-electron chi connectivity index (χ4n) is 1.97. The van der Waals surface area contributed by atoms with Crippen molar-refractivity contribution in [1.82, 2.24) is 0 Å². The van der Waals surface area contributed by atoms with Gasteiger partial charge in [-0.15, -0.1) is 0 Å². The van der Waals surface area contributed by atoms with Crippen molar-refractivity contribution in [2.24, 2.45) is 0 Å². The molecule has 0 aromatic heterocycles. The Hall–Kier alpha value is -0.830. The smallest absolute Gasteiger partial charge is 0.180 e. The SMILES string of the molecule is CCCCCCC(C)S(=O)(=O)c1ccc(C)cc1. The number of benzene rings is 1. The summed E-state index contributed by atoms with van der Waals surface area (Å²) in [7, 11) is -3.14. The van der Waals surface area contributed by atoms with E-state index in [1.807, 2.05) is 26.0 Å². The lowest BCUT2D eigenvalue weighted by atomic mass is 10.1. The monoisotopic (exact) mass is 268 g/mol. The van der Waals surface area contributed by atoms with E-state index in [-0.39, 0.29) is 5.25 Å². The van der Waals surface area contributed by atoms with Crippen molar-refractivity contribution in [3.8, 4) is 0 Å². The van der Waals surface area contributed by atoms with E-state index >= 15 is 0 Å². The zero-order chi connectivity index (χ0) is 13.6. The number of sulfone groups is 1. The van der Waals surface area contributed by atoms with E-state index in [9.17, 15) is 8.42 Å². The van der Waals surface area contributed by atoms with Gasteiger partial charge in [0.25, 0.3) is 0 Å². The first kappa shape index (κ1) is 15.2. The quantitative estimate of drug-likeness (QED) is 0.697. The van der Waals surface area contributed by atoms with Gasteiger partial charge in [0.2, 0.25) is 0 Å². The van der Waals surface area contributed by atoms with Crippen LogP contribution in [-0.2, 0) is 9.84 Å². The zero-order valence-electron chi connectivity index (χ0n) is 11.6.